The number of nitrogens with one attached hydrogen (secondary N) is 2. The Bertz CT molecular complexity index is 689. The van der Waals surface area contributed by atoms with Gasteiger partial charge in [0.2, 0.25) is 17.7 Å². The van der Waals surface area contributed by atoms with Crippen molar-refractivity contribution >= 4 is 41.4 Å². The molecule has 5 atom stereocenters. The molecule has 1 saturated heterocycles. The summed E-state index contributed by atoms with van der Waals surface area (Å²) < 4.78 is 0. The van der Waals surface area contributed by atoms with E-state index in [2.05, 4.69) is 10.6 Å². The molecule has 0 aromatic heterocycles. The molecule has 0 bridgehead atoms. The van der Waals surface area contributed by atoms with Crippen LogP contribution >= 0.6 is 11.8 Å². The second-order valence-corrected chi connectivity index (χ2v) is 8.28. The molecule has 0 aliphatic carbocycles. The minimum atomic E-state index is -1.49. The summed E-state index contributed by atoms with van der Waals surface area (Å²) in [6.07, 6.45) is 0.768. The lowest BCUT2D eigenvalue weighted by Crippen LogP contribution is -2.58. The van der Waals surface area contributed by atoms with Crippen molar-refractivity contribution < 1.29 is 39.3 Å². The van der Waals surface area contributed by atoms with Crippen LogP contribution in [0, 0.1) is 0 Å². The van der Waals surface area contributed by atoms with E-state index in [1.807, 2.05) is 0 Å². The van der Waals surface area contributed by atoms with Gasteiger partial charge in [-0.1, -0.05) is 0 Å². The number of rotatable bonds is 12. The van der Waals surface area contributed by atoms with Crippen LogP contribution in [0.1, 0.15) is 32.6 Å². The van der Waals surface area contributed by atoms with Gasteiger partial charge in [-0.2, -0.15) is 11.8 Å². The van der Waals surface area contributed by atoms with E-state index >= 15 is 0 Å². The van der Waals surface area contributed by atoms with Gasteiger partial charge < -0.3 is 36.6 Å². The molecule has 0 aromatic carbocycles. The highest BCUT2D eigenvalue weighted by molar-refractivity contribution is 7.98. The Morgan fingerprint density at radius 3 is 2.32 bits per heavy atom. The first-order valence-electron chi connectivity index (χ1n) is 9.78. The summed E-state index contributed by atoms with van der Waals surface area (Å²) in [6, 6.07) is -4.96. The van der Waals surface area contributed by atoms with Gasteiger partial charge in [0.1, 0.15) is 24.2 Å². The number of likely N-dealkylation sites (tertiary alicyclic amines) is 1. The summed E-state index contributed by atoms with van der Waals surface area (Å²) in [5.74, 6) is -4.38. The van der Waals surface area contributed by atoms with Gasteiger partial charge in [0.15, 0.2) is 0 Å². The largest absolute Gasteiger partial charge is 0.481 e. The zero-order chi connectivity index (χ0) is 23.7. The maximum absolute atomic E-state index is 13.0. The topological polar surface area (TPSA) is 199 Å². The average molecular weight is 463 g/mol. The third-order valence-corrected chi connectivity index (χ3v) is 5.52. The van der Waals surface area contributed by atoms with Gasteiger partial charge in [0.05, 0.1) is 12.5 Å². The zero-order valence-electron chi connectivity index (χ0n) is 17.4. The van der Waals surface area contributed by atoms with Crippen LogP contribution in [0.25, 0.3) is 0 Å². The van der Waals surface area contributed by atoms with Crippen molar-refractivity contribution in [2.24, 2.45) is 5.73 Å². The van der Waals surface area contributed by atoms with E-state index in [0.29, 0.717) is 12.2 Å². The number of nitrogens with zero attached hydrogens (tertiary/aromatic N) is 1. The lowest BCUT2D eigenvalue weighted by molar-refractivity contribution is -0.147. The normalized spacial score (nSPS) is 19.7. The van der Waals surface area contributed by atoms with Crippen molar-refractivity contribution in [3.05, 3.63) is 0 Å². The van der Waals surface area contributed by atoms with E-state index in [9.17, 15) is 34.2 Å². The van der Waals surface area contributed by atoms with E-state index in [4.69, 9.17) is 10.8 Å². The Morgan fingerprint density at radius 2 is 1.81 bits per heavy atom. The quantitative estimate of drug-likeness (QED) is 0.188. The molecule has 7 N–H and O–H groups in total. The Hall–Kier alpha value is -2.38. The van der Waals surface area contributed by atoms with E-state index in [1.165, 1.54) is 18.7 Å². The lowest BCUT2D eigenvalue weighted by atomic mass is 10.1. The molecule has 1 rings (SSSR count). The molecule has 176 valence electrons. The van der Waals surface area contributed by atoms with E-state index < -0.39 is 66.4 Å². The monoisotopic (exact) mass is 462 g/mol. The first-order valence-corrected chi connectivity index (χ1v) is 11.2. The van der Waals surface area contributed by atoms with Crippen LogP contribution in [0.5, 0.6) is 0 Å². The van der Waals surface area contributed by atoms with Crippen molar-refractivity contribution in [2.75, 3.05) is 18.6 Å². The van der Waals surface area contributed by atoms with Crippen molar-refractivity contribution in [1.82, 2.24) is 15.5 Å². The molecule has 0 aromatic rings. The SMILES string of the molecule is CSCCC(NC(=O)C1CCCN1C(=O)C(CC(=O)O)NC(=O)C(N)C(C)O)C(=O)O. The number of carboxylic acid groups (broad SMARTS) is 2. The van der Waals surface area contributed by atoms with E-state index in [1.54, 1.807) is 6.26 Å². The summed E-state index contributed by atoms with van der Waals surface area (Å²) in [5.41, 5.74) is 5.54. The number of hydrogen-bond acceptors (Lipinski definition) is 8. The van der Waals surface area contributed by atoms with Gasteiger partial charge >= 0.3 is 11.9 Å². The van der Waals surface area contributed by atoms with Crippen molar-refractivity contribution in [1.29, 1.82) is 0 Å². The number of hydrogen-bond donors (Lipinski definition) is 6. The van der Waals surface area contributed by atoms with Gasteiger partial charge in [-0.3, -0.25) is 19.2 Å². The lowest BCUT2D eigenvalue weighted by Gasteiger charge is -2.29. The maximum Gasteiger partial charge on any atom is 0.326 e. The molecule has 3 amide bonds. The molecular weight excluding hydrogens is 432 g/mol. The summed E-state index contributed by atoms with van der Waals surface area (Å²) in [4.78, 5) is 61.5. The molecule has 31 heavy (non-hydrogen) atoms. The smallest absolute Gasteiger partial charge is 0.326 e. The molecule has 1 heterocycles. The number of aliphatic carboxylic acids is 2. The van der Waals surface area contributed by atoms with Crippen LogP contribution in [0.4, 0.5) is 0 Å². The zero-order valence-corrected chi connectivity index (χ0v) is 18.3. The second kappa shape index (κ2) is 12.5. The predicted octanol–water partition coefficient (Wildman–Crippen LogP) is -2.03. The number of nitrogens with two attached hydrogens (primary N) is 1. The number of aliphatic hydroxyl groups is 1. The number of carbonyl (C=O) groups is 5. The summed E-state index contributed by atoms with van der Waals surface area (Å²) in [5, 5.41) is 32.5. The highest BCUT2D eigenvalue weighted by atomic mass is 32.2. The molecule has 1 aliphatic heterocycles. The maximum atomic E-state index is 13.0. The van der Waals surface area contributed by atoms with Crippen LogP contribution in [-0.2, 0) is 24.0 Å². The Morgan fingerprint density at radius 1 is 1.16 bits per heavy atom. The first kappa shape index (κ1) is 26.7. The number of carbonyl (C=O) groups excluding carboxylic acids is 3. The first-order chi connectivity index (χ1) is 14.5. The van der Waals surface area contributed by atoms with Crippen LogP contribution in [-0.4, -0.2) is 98.7 Å². The Kier molecular flexibility index (Phi) is 10.7. The number of aliphatic hydroxyl groups excluding tert-OH is 1. The predicted molar refractivity (Wildman–Crippen MR) is 111 cm³/mol. The van der Waals surface area contributed by atoms with Gasteiger partial charge in [-0.25, -0.2) is 4.79 Å². The minimum absolute atomic E-state index is 0.147. The van der Waals surface area contributed by atoms with Crippen molar-refractivity contribution in [2.45, 2.75) is 62.9 Å². The molecule has 0 radical (unpaired) electrons. The molecule has 12 nitrogen and oxygen atoms in total. The Labute approximate surface area is 183 Å². The Balaban J connectivity index is 2.95. The molecule has 5 unspecified atom stereocenters. The van der Waals surface area contributed by atoms with Crippen molar-refractivity contribution in [3.8, 4) is 0 Å². The highest BCUT2D eigenvalue weighted by Gasteiger charge is 2.39. The molecular formula is C18H30N4O8S. The number of thioether (sulfide) groups is 1. The van der Waals surface area contributed by atoms with E-state index in [0.717, 1.165) is 4.90 Å². The molecule has 0 saturated carbocycles. The number of amides is 3. The van der Waals surface area contributed by atoms with Crippen LogP contribution in [0.3, 0.4) is 0 Å². The van der Waals surface area contributed by atoms with Crippen molar-refractivity contribution in [3.63, 3.8) is 0 Å². The van der Waals surface area contributed by atoms with Gasteiger partial charge in [0.25, 0.3) is 0 Å². The summed E-state index contributed by atoms with van der Waals surface area (Å²) in [7, 11) is 0. The second-order valence-electron chi connectivity index (χ2n) is 7.30. The van der Waals surface area contributed by atoms with Crippen LogP contribution in [0.15, 0.2) is 0 Å². The van der Waals surface area contributed by atoms with Gasteiger partial charge in [0, 0.05) is 6.54 Å². The standard InChI is InChI=1S/C18H30N4O8S/c1-9(23)14(19)16(27)21-11(8-13(24)25)17(28)22-6-3-4-12(22)15(26)20-10(18(29)30)5-7-31-2/h9-12,14,23H,3-8,19H2,1-2H3,(H,20,26)(H,21,27)(H,24,25)(H,29,30). The average Bonchev–Trinajstić information content (AvgIpc) is 3.18. The third-order valence-electron chi connectivity index (χ3n) is 4.88. The van der Waals surface area contributed by atoms with Crippen LogP contribution in [0.2, 0.25) is 0 Å². The molecule has 0 spiro atoms. The van der Waals surface area contributed by atoms with E-state index in [-0.39, 0.29) is 19.4 Å². The highest BCUT2D eigenvalue weighted by Crippen LogP contribution is 2.20. The third kappa shape index (κ3) is 7.99. The molecule has 1 aliphatic rings. The fraction of sp³-hybridized carbons (Fsp3) is 0.722. The minimum Gasteiger partial charge on any atom is -0.481 e. The van der Waals surface area contributed by atoms with Crippen LogP contribution < -0.4 is 16.4 Å². The van der Waals surface area contributed by atoms with Gasteiger partial charge in [-0.05, 0) is 38.2 Å². The summed E-state index contributed by atoms with van der Waals surface area (Å²) in [6.45, 7) is 1.42. The summed E-state index contributed by atoms with van der Waals surface area (Å²) >= 11 is 1.43. The fourth-order valence-corrected chi connectivity index (χ4v) is 3.60. The molecule has 1 fully saturated rings. The fourth-order valence-electron chi connectivity index (χ4n) is 3.13. The number of carboxylic acids is 2. The molecule has 13 heteroatoms. The van der Waals surface area contributed by atoms with Gasteiger partial charge in [-0.15, -0.1) is 0 Å².